The average Bonchev–Trinajstić information content (AvgIpc) is 2.91. The number of ketones is 1. The van der Waals surface area contributed by atoms with E-state index in [1.54, 1.807) is 0 Å². The van der Waals surface area contributed by atoms with Crippen molar-refractivity contribution in [2.24, 2.45) is 17.8 Å². The molecule has 1 heterocycles. The van der Waals surface area contributed by atoms with E-state index in [2.05, 4.69) is 19.2 Å². The Balaban J connectivity index is 2.02. The highest BCUT2D eigenvalue weighted by Crippen LogP contribution is 2.38. The van der Waals surface area contributed by atoms with Crippen LogP contribution < -0.4 is 5.32 Å². The van der Waals surface area contributed by atoms with Crippen LogP contribution in [0.2, 0.25) is 0 Å². The molecule has 2 aliphatic rings. The zero-order valence-electron chi connectivity index (χ0n) is 11.4. The van der Waals surface area contributed by atoms with Crippen molar-refractivity contribution < 1.29 is 4.79 Å². The van der Waals surface area contributed by atoms with E-state index >= 15 is 0 Å². The predicted molar refractivity (Wildman–Crippen MR) is 70.9 cm³/mol. The fraction of sp³-hybridized carbons (Fsp3) is 0.933. The predicted octanol–water partition coefficient (Wildman–Crippen LogP) is 3.16. The van der Waals surface area contributed by atoms with Crippen LogP contribution in [-0.2, 0) is 4.79 Å². The molecule has 0 radical (unpaired) electrons. The van der Waals surface area contributed by atoms with Gasteiger partial charge in [0.05, 0.1) is 6.04 Å². The van der Waals surface area contributed by atoms with Gasteiger partial charge in [-0.15, -0.1) is 0 Å². The minimum atomic E-state index is 0.185. The highest BCUT2D eigenvalue weighted by atomic mass is 16.1. The first-order chi connectivity index (χ1) is 8.24. The molecule has 1 aliphatic carbocycles. The Morgan fingerprint density at radius 2 is 2.00 bits per heavy atom. The van der Waals surface area contributed by atoms with Crippen molar-refractivity contribution in [3.63, 3.8) is 0 Å². The zero-order valence-corrected chi connectivity index (χ0v) is 11.4. The van der Waals surface area contributed by atoms with Gasteiger partial charge in [-0.05, 0) is 44.1 Å². The second kappa shape index (κ2) is 5.99. The lowest BCUT2D eigenvalue weighted by atomic mass is 9.69. The molecule has 17 heavy (non-hydrogen) atoms. The molecular formula is C15H27NO. The first-order valence-corrected chi connectivity index (χ1v) is 7.51. The lowest BCUT2D eigenvalue weighted by Crippen LogP contribution is -2.41. The Hall–Kier alpha value is -0.370. The summed E-state index contributed by atoms with van der Waals surface area (Å²) in [4.78, 5) is 12.6. The lowest BCUT2D eigenvalue weighted by molar-refractivity contribution is -0.128. The fourth-order valence-electron chi connectivity index (χ4n) is 3.68. The van der Waals surface area contributed by atoms with E-state index in [0.717, 1.165) is 19.4 Å². The molecule has 0 aromatic heterocycles. The van der Waals surface area contributed by atoms with Crippen LogP contribution in [0.1, 0.15) is 58.8 Å². The Kier molecular flexibility index (Phi) is 4.61. The van der Waals surface area contributed by atoms with Crippen LogP contribution in [0.5, 0.6) is 0 Å². The Morgan fingerprint density at radius 1 is 1.24 bits per heavy atom. The molecule has 0 bridgehead atoms. The summed E-state index contributed by atoms with van der Waals surface area (Å²) in [5.74, 6) is 2.26. The first kappa shape index (κ1) is 13.1. The summed E-state index contributed by atoms with van der Waals surface area (Å²) in [6.07, 6.45) is 8.48. The molecule has 0 spiro atoms. The van der Waals surface area contributed by atoms with Gasteiger partial charge in [0.1, 0.15) is 0 Å². The van der Waals surface area contributed by atoms with E-state index in [1.807, 2.05) is 0 Å². The molecule has 3 unspecified atom stereocenters. The van der Waals surface area contributed by atoms with Gasteiger partial charge >= 0.3 is 0 Å². The van der Waals surface area contributed by atoms with Crippen LogP contribution in [0, 0.1) is 17.8 Å². The van der Waals surface area contributed by atoms with Crippen LogP contribution in [0.25, 0.3) is 0 Å². The first-order valence-electron chi connectivity index (χ1n) is 7.51. The van der Waals surface area contributed by atoms with Crippen molar-refractivity contribution in [2.75, 3.05) is 6.54 Å². The van der Waals surface area contributed by atoms with Crippen LogP contribution in [0.4, 0.5) is 0 Å². The van der Waals surface area contributed by atoms with Gasteiger partial charge in [-0.25, -0.2) is 0 Å². The number of rotatable bonds is 4. The van der Waals surface area contributed by atoms with Gasteiger partial charge in [0.2, 0.25) is 0 Å². The third-order valence-electron chi connectivity index (χ3n) is 4.96. The molecule has 2 rings (SSSR count). The van der Waals surface area contributed by atoms with Crippen molar-refractivity contribution in [1.29, 1.82) is 0 Å². The standard InChI is InChI=1S/C15H27NO/c1-3-11(2)12-7-4-5-8-13(12)15(17)14-9-6-10-16-14/h11-14,16H,3-10H2,1-2H3/t11?,12?,13?,14-/m0/s1. The second-order valence-corrected chi connectivity index (χ2v) is 5.99. The summed E-state index contributed by atoms with van der Waals surface area (Å²) < 4.78 is 0. The summed E-state index contributed by atoms with van der Waals surface area (Å²) in [5, 5.41) is 3.38. The van der Waals surface area contributed by atoms with Gasteiger partial charge in [-0.3, -0.25) is 4.79 Å². The SMILES string of the molecule is CCC(C)C1CCCCC1C(=O)[C@@H]1CCCN1. The van der Waals surface area contributed by atoms with Crippen molar-refractivity contribution >= 4 is 5.78 Å². The van der Waals surface area contributed by atoms with Crippen molar-refractivity contribution in [1.82, 2.24) is 5.32 Å². The van der Waals surface area contributed by atoms with E-state index in [-0.39, 0.29) is 6.04 Å². The molecule has 2 nitrogen and oxygen atoms in total. The smallest absolute Gasteiger partial charge is 0.153 e. The third kappa shape index (κ3) is 2.90. The number of hydrogen-bond donors (Lipinski definition) is 1. The summed E-state index contributed by atoms with van der Waals surface area (Å²) in [5.41, 5.74) is 0. The maximum atomic E-state index is 12.6. The second-order valence-electron chi connectivity index (χ2n) is 5.99. The summed E-state index contributed by atoms with van der Waals surface area (Å²) in [7, 11) is 0. The van der Waals surface area contributed by atoms with Gasteiger partial charge < -0.3 is 5.32 Å². The van der Waals surface area contributed by atoms with E-state index in [4.69, 9.17) is 0 Å². The van der Waals surface area contributed by atoms with Crippen LogP contribution >= 0.6 is 0 Å². The van der Waals surface area contributed by atoms with Gasteiger partial charge in [-0.1, -0.05) is 33.1 Å². The van der Waals surface area contributed by atoms with Gasteiger partial charge in [0, 0.05) is 5.92 Å². The molecule has 1 saturated heterocycles. The maximum Gasteiger partial charge on any atom is 0.153 e. The van der Waals surface area contributed by atoms with Gasteiger partial charge in [-0.2, -0.15) is 0 Å². The highest BCUT2D eigenvalue weighted by molar-refractivity contribution is 5.87. The Labute approximate surface area is 106 Å². The van der Waals surface area contributed by atoms with E-state index < -0.39 is 0 Å². The van der Waals surface area contributed by atoms with Gasteiger partial charge in [0.15, 0.2) is 5.78 Å². The van der Waals surface area contributed by atoms with Gasteiger partial charge in [0.25, 0.3) is 0 Å². The topological polar surface area (TPSA) is 29.1 Å². The molecule has 1 N–H and O–H groups in total. The Morgan fingerprint density at radius 3 is 2.65 bits per heavy atom. The lowest BCUT2D eigenvalue weighted by Gasteiger charge is -2.35. The molecule has 2 heteroatoms. The zero-order chi connectivity index (χ0) is 12.3. The minimum absolute atomic E-state index is 0.185. The monoisotopic (exact) mass is 237 g/mol. The van der Waals surface area contributed by atoms with E-state index in [0.29, 0.717) is 23.5 Å². The fourth-order valence-corrected chi connectivity index (χ4v) is 3.68. The normalized spacial score (nSPS) is 35.8. The van der Waals surface area contributed by atoms with Crippen LogP contribution in [-0.4, -0.2) is 18.4 Å². The number of Topliss-reactive ketones (excluding diaryl/α,β-unsaturated/α-hetero) is 1. The molecule has 2 fully saturated rings. The molecule has 1 saturated carbocycles. The molecule has 0 aromatic rings. The molecule has 98 valence electrons. The van der Waals surface area contributed by atoms with Crippen molar-refractivity contribution in [3.05, 3.63) is 0 Å². The summed E-state index contributed by atoms with van der Waals surface area (Å²) >= 11 is 0. The number of carbonyl (C=O) groups is 1. The van der Waals surface area contributed by atoms with Crippen LogP contribution in [0.15, 0.2) is 0 Å². The minimum Gasteiger partial charge on any atom is -0.307 e. The third-order valence-corrected chi connectivity index (χ3v) is 4.96. The van der Waals surface area contributed by atoms with Crippen LogP contribution in [0.3, 0.4) is 0 Å². The maximum absolute atomic E-state index is 12.6. The average molecular weight is 237 g/mol. The molecule has 0 amide bonds. The quantitative estimate of drug-likeness (QED) is 0.813. The van der Waals surface area contributed by atoms with E-state index in [1.165, 1.54) is 32.1 Å². The molecule has 0 aromatic carbocycles. The van der Waals surface area contributed by atoms with Crippen molar-refractivity contribution in [2.45, 2.75) is 64.8 Å². The molecular weight excluding hydrogens is 210 g/mol. The molecule has 4 atom stereocenters. The number of nitrogens with one attached hydrogen (secondary N) is 1. The highest BCUT2D eigenvalue weighted by Gasteiger charge is 2.37. The number of carbonyl (C=O) groups excluding carboxylic acids is 1. The van der Waals surface area contributed by atoms with E-state index in [9.17, 15) is 4.79 Å². The van der Waals surface area contributed by atoms with Crippen molar-refractivity contribution in [3.8, 4) is 0 Å². The Bertz CT molecular complexity index is 258. The number of hydrogen-bond acceptors (Lipinski definition) is 2. The summed E-state index contributed by atoms with van der Waals surface area (Å²) in [6.45, 7) is 5.63. The largest absolute Gasteiger partial charge is 0.307 e. The molecule has 1 aliphatic heterocycles. The summed E-state index contributed by atoms with van der Waals surface area (Å²) in [6, 6.07) is 0.185.